The Hall–Kier alpha value is -2.34. The van der Waals surface area contributed by atoms with Gasteiger partial charge in [0.05, 0.1) is 11.3 Å². The van der Waals surface area contributed by atoms with Crippen molar-refractivity contribution in [3.05, 3.63) is 65.0 Å². The first-order valence-electron chi connectivity index (χ1n) is 5.76. The zero-order chi connectivity index (χ0) is 14.7. The Morgan fingerprint density at radius 2 is 1.80 bits per heavy atom. The maximum Gasteiger partial charge on any atom is 0.258 e. The lowest BCUT2D eigenvalue weighted by molar-refractivity contribution is 0.102. The van der Waals surface area contributed by atoms with Crippen molar-refractivity contribution in [1.29, 1.82) is 0 Å². The summed E-state index contributed by atoms with van der Waals surface area (Å²) in [7, 11) is 0. The van der Waals surface area contributed by atoms with Gasteiger partial charge >= 0.3 is 0 Å². The number of carbonyl (C=O) groups excluding carboxylic acids is 1. The fourth-order valence-corrected chi connectivity index (χ4v) is 1.65. The molecule has 20 heavy (non-hydrogen) atoms. The molecule has 6 heteroatoms. The lowest BCUT2D eigenvalue weighted by Crippen LogP contribution is -2.15. The minimum Gasteiger partial charge on any atom is -0.326 e. The van der Waals surface area contributed by atoms with Gasteiger partial charge in [0.25, 0.3) is 5.91 Å². The number of nitrogens with two attached hydrogens (primary N) is 1. The molecule has 2 aromatic carbocycles. The van der Waals surface area contributed by atoms with Crippen LogP contribution in [0.3, 0.4) is 0 Å². The minimum absolute atomic E-state index is 0.129. The van der Waals surface area contributed by atoms with Gasteiger partial charge in [0.2, 0.25) is 0 Å². The lowest BCUT2D eigenvalue weighted by Gasteiger charge is -2.08. The zero-order valence-electron chi connectivity index (χ0n) is 10.3. The average molecular weight is 280 g/mol. The van der Waals surface area contributed by atoms with Crippen molar-refractivity contribution in [1.82, 2.24) is 0 Å². The number of nitrogens with one attached hydrogen (secondary N) is 1. The molecule has 0 unspecified atom stereocenters. The van der Waals surface area contributed by atoms with E-state index in [9.17, 15) is 18.0 Å². The number of hydrogen-bond donors (Lipinski definition) is 2. The van der Waals surface area contributed by atoms with E-state index in [1.165, 1.54) is 12.1 Å². The molecular weight excluding hydrogens is 269 g/mol. The molecule has 104 valence electrons. The van der Waals surface area contributed by atoms with E-state index in [1.54, 1.807) is 0 Å². The maximum atomic E-state index is 13.7. The van der Waals surface area contributed by atoms with E-state index < -0.39 is 28.9 Å². The SMILES string of the molecule is NCc1ccc(NC(=O)c2cc(F)ccc2F)c(F)c1. The van der Waals surface area contributed by atoms with Crippen molar-refractivity contribution in [3.63, 3.8) is 0 Å². The molecule has 3 N–H and O–H groups in total. The second-order valence-electron chi connectivity index (χ2n) is 4.10. The molecule has 2 rings (SSSR count). The van der Waals surface area contributed by atoms with Crippen LogP contribution in [0.1, 0.15) is 15.9 Å². The zero-order valence-corrected chi connectivity index (χ0v) is 10.3. The highest BCUT2D eigenvalue weighted by molar-refractivity contribution is 6.04. The quantitative estimate of drug-likeness (QED) is 0.908. The number of benzene rings is 2. The molecule has 0 aliphatic rings. The van der Waals surface area contributed by atoms with Crippen LogP contribution < -0.4 is 11.1 Å². The van der Waals surface area contributed by atoms with Gasteiger partial charge in [-0.1, -0.05) is 6.07 Å². The van der Waals surface area contributed by atoms with Crippen molar-refractivity contribution < 1.29 is 18.0 Å². The smallest absolute Gasteiger partial charge is 0.258 e. The number of halogens is 3. The number of rotatable bonds is 3. The highest BCUT2D eigenvalue weighted by Crippen LogP contribution is 2.18. The van der Waals surface area contributed by atoms with Gasteiger partial charge in [-0.25, -0.2) is 13.2 Å². The summed E-state index contributed by atoms with van der Waals surface area (Å²) in [5, 5.41) is 2.18. The van der Waals surface area contributed by atoms with Gasteiger partial charge in [0.1, 0.15) is 17.5 Å². The Bertz CT molecular complexity index is 659. The summed E-state index contributed by atoms with van der Waals surface area (Å²) in [6.45, 7) is 0.156. The van der Waals surface area contributed by atoms with Gasteiger partial charge < -0.3 is 11.1 Å². The predicted octanol–water partition coefficient (Wildman–Crippen LogP) is 2.81. The van der Waals surface area contributed by atoms with Crippen LogP contribution in [0.5, 0.6) is 0 Å². The number of hydrogen-bond acceptors (Lipinski definition) is 2. The highest BCUT2D eigenvalue weighted by Gasteiger charge is 2.14. The van der Waals surface area contributed by atoms with Crippen LogP contribution in [0.4, 0.5) is 18.9 Å². The van der Waals surface area contributed by atoms with Gasteiger partial charge in [0, 0.05) is 6.54 Å². The van der Waals surface area contributed by atoms with Crippen molar-refractivity contribution in [2.75, 3.05) is 5.32 Å². The van der Waals surface area contributed by atoms with E-state index in [1.807, 2.05) is 0 Å². The van der Waals surface area contributed by atoms with Gasteiger partial charge in [-0.3, -0.25) is 4.79 Å². The summed E-state index contributed by atoms with van der Waals surface area (Å²) < 4.78 is 40.0. The van der Waals surface area contributed by atoms with E-state index >= 15 is 0 Å². The molecule has 0 radical (unpaired) electrons. The summed E-state index contributed by atoms with van der Waals surface area (Å²) in [5.41, 5.74) is 5.28. The summed E-state index contributed by atoms with van der Waals surface area (Å²) in [6.07, 6.45) is 0. The molecule has 0 fully saturated rings. The molecule has 0 spiro atoms. The molecule has 0 atom stereocenters. The van der Waals surface area contributed by atoms with Crippen molar-refractivity contribution in [3.8, 4) is 0 Å². The van der Waals surface area contributed by atoms with Crippen molar-refractivity contribution >= 4 is 11.6 Å². The molecule has 0 saturated carbocycles. The van der Waals surface area contributed by atoms with Crippen LogP contribution in [-0.4, -0.2) is 5.91 Å². The Morgan fingerprint density at radius 3 is 2.45 bits per heavy atom. The molecule has 1 amide bonds. The fourth-order valence-electron chi connectivity index (χ4n) is 1.65. The monoisotopic (exact) mass is 280 g/mol. The van der Waals surface area contributed by atoms with Crippen LogP contribution >= 0.6 is 0 Å². The van der Waals surface area contributed by atoms with Crippen LogP contribution in [0.15, 0.2) is 36.4 Å². The molecule has 0 aromatic heterocycles. The van der Waals surface area contributed by atoms with E-state index in [4.69, 9.17) is 5.73 Å². The molecule has 0 aliphatic heterocycles. The predicted molar refractivity (Wildman–Crippen MR) is 68.6 cm³/mol. The van der Waals surface area contributed by atoms with Gasteiger partial charge in [-0.2, -0.15) is 0 Å². The summed E-state index contributed by atoms with van der Waals surface area (Å²) >= 11 is 0. The second-order valence-corrected chi connectivity index (χ2v) is 4.10. The fraction of sp³-hybridized carbons (Fsp3) is 0.0714. The number of carbonyl (C=O) groups is 1. The van der Waals surface area contributed by atoms with Crippen molar-refractivity contribution in [2.45, 2.75) is 6.54 Å². The van der Waals surface area contributed by atoms with E-state index in [-0.39, 0.29) is 12.2 Å². The Kier molecular flexibility index (Phi) is 4.05. The van der Waals surface area contributed by atoms with Gasteiger partial charge in [-0.15, -0.1) is 0 Å². The molecule has 0 heterocycles. The van der Waals surface area contributed by atoms with E-state index in [0.29, 0.717) is 5.56 Å². The molecule has 0 aliphatic carbocycles. The third-order valence-electron chi connectivity index (χ3n) is 2.69. The molecule has 0 bridgehead atoms. The Balaban J connectivity index is 2.25. The third-order valence-corrected chi connectivity index (χ3v) is 2.69. The van der Waals surface area contributed by atoms with Crippen LogP contribution in [0.25, 0.3) is 0 Å². The van der Waals surface area contributed by atoms with Crippen molar-refractivity contribution in [2.24, 2.45) is 5.73 Å². The Labute approximate surface area is 113 Å². The third kappa shape index (κ3) is 2.97. The molecule has 3 nitrogen and oxygen atoms in total. The largest absolute Gasteiger partial charge is 0.326 e. The normalized spacial score (nSPS) is 10.4. The van der Waals surface area contributed by atoms with Crippen LogP contribution in [-0.2, 0) is 6.54 Å². The van der Waals surface area contributed by atoms with Crippen LogP contribution in [0.2, 0.25) is 0 Å². The van der Waals surface area contributed by atoms with E-state index in [0.717, 1.165) is 24.3 Å². The first-order valence-corrected chi connectivity index (χ1v) is 5.76. The molecule has 0 saturated heterocycles. The summed E-state index contributed by atoms with van der Waals surface area (Å²) in [5.74, 6) is -3.27. The number of amides is 1. The summed E-state index contributed by atoms with van der Waals surface area (Å²) in [6, 6.07) is 6.47. The summed E-state index contributed by atoms with van der Waals surface area (Å²) in [4.78, 5) is 11.8. The minimum atomic E-state index is -0.929. The molecular formula is C14H11F3N2O. The van der Waals surface area contributed by atoms with Gasteiger partial charge in [0.15, 0.2) is 0 Å². The van der Waals surface area contributed by atoms with Gasteiger partial charge in [-0.05, 0) is 35.9 Å². The topological polar surface area (TPSA) is 55.1 Å². The van der Waals surface area contributed by atoms with E-state index in [2.05, 4.69) is 5.32 Å². The Morgan fingerprint density at radius 1 is 1.05 bits per heavy atom. The standard InChI is InChI=1S/C14H11F3N2O/c15-9-2-3-11(16)10(6-9)14(20)19-13-4-1-8(7-18)5-12(13)17/h1-6H,7,18H2,(H,19,20). The first kappa shape index (κ1) is 14.1. The number of anilines is 1. The van der Waals surface area contributed by atoms with Crippen LogP contribution in [0, 0.1) is 17.5 Å². The average Bonchev–Trinajstić information content (AvgIpc) is 2.43. The lowest BCUT2D eigenvalue weighted by atomic mass is 10.1. The maximum absolute atomic E-state index is 13.7. The first-order chi connectivity index (χ1) is 9.51. The highest BCUT2D eigenvalue weighted by atomic mass is 19.1. The molecule has 2 aromatic rings. The second kappa shape index (κ2) is 5.75.